The fourth-order valence-corrected chi connectivity index (χ4v) is 4.36. The van der Waals surface area contributed by atoms with Gasteiger partial charge < -0.3 is 14.8 Å². The van der Waals surface area contributed by atoms with Crippen molar-refractivity contribution < 1.29 is 13.6 Å². The molecule has 0 fully saturated rings. The molecule has 0 bridgehead atoms. The Labute approximate surface area is 194 Å². The fourth-order valence-electron chi connectivity index (χ4n) is 3.15. The molecule has 0 aliphatic heterocycles. The highest BCUT2D eigenvalue weighted by Gasteiger charge is 2.14. The second-order valence-electron chi connectivity index (χ2n) is 6.82. The van der Waals surface area contributed by atoms with Crippen molar-refractivity contribution in [3.63, 3.8) is 0 Å². The molecule has 0 aliphatic rings. The maximum atomic E-state index is 12.4. The van der Waals surface area contributed by atoms with Crippen LogP contribution in [-0.2, 0) is 11.8 Å². The molecular formula is C22H25F2N5OS2. The standard InChI is InChI=1S/C22H25F2N5OS2/c1-4-29(5-2)17-10-6-15(7-11-17)20-26-27-22(28(20)3)31-14-19(30)25-16-8-12-18(13-9-16)32-21(23)24/h6-13,21H,4-5,14H2,1-3H3,(H,25,30). The number of thioether (sulfide) groups is 2. The van der Waals surface area contributed by atoms with E-state index in [-0.39, 0.29) is 11.7 Å². The summed E-state index contributed by atoms with van der Waals surface area (Å²) in [5, 5.41) is 11.9. The van der Waals surface area contributed by atoms with Gasteiger partial charge in [0.1, 0.15) is 0 Å². The second kappa shape index (κ2) is 11.3. The van der Waals surface area contributed by atoms with Crippen LogP contribution in [0.3, 0.4) is 0 Å². The second-order valence-corrected chi connectivity index (χ2v) is 8.83. The normalized spacial score (nSPS) is 11.1. The first-order valence-electron chi connectivity index (χ1n) is 10.1. The predicted octanol–water partition coefficient (Wildman–Crippen LogP) is 5.37. The van der Waals surface area contributed by atoms with Gasteiger partial charge in [0.2, 0.25) is 5.91 Å². The van der Waals surface area contributed by atoms with Gasteiger partial charge in [-0.2, -0.15) is 8.78 Å². The Morgan fingerprint density at radius 3 is 2.31 bits per heavy atom. The Balaban J connectivity index is 1.58. The zero-order valence-corrected chi connectivity index (χ0v) is 19.7. The number of amides is 1. The molecule has 10 heteroatoms. The number of anilines is 2. The summed E-state index contributed by atoms with van der Waals surface area (Å²) in [7, 11) is 1.87. The SMILES string of the molecule is CCN(CC)c1ccc(-c2nnc(SCC(=O)Nc3ccc(SC(F)F)cc3)n2C)cc1. The molecule has 3 aromatic rings. The Bertz CT molecular complexity index is 1020. The molecule has 0 unspecified atom stereocenters. The van der Waals surface area contributed by atoms with Crippen molar-refractivity contribution in [3.05, 3.63) is 48.5 Å². The molecule has 0 spiro atoms. The highest BCUT2D eigenvalue weighted by Crippen LogP contribution is 2.27. The van der Waals surface area contributed by atoms with Crippen molar-refractivity contribution in [1.82, 2.24) is 14.8 Å². The maximum absolute atomic E-state index is 12.4. The summed E-state index contributed by atoms with van der Waals surface area (Å²) in [6.07, 6.45) is 0. The van der Waals surface area contributed by atoms with E-state index in [9.17, 15) is 13.6 Å². The number of carbonyl (C=O) groups is 1. The molecule has 0 aliphatic carbocycles. The molecule has 2 aromatic carbocycles. The number of nitrogens with zero attached hydrogens (tertiary/aromatic N) is 4. The van der Waals surface area contributed by atoms with E-state index in [1.54, 1.807) is 24.3 Å². The van der Waals surface area contributed by atoms with Crippen molar-refractivity contribution >= 4 is 40.8 Å². The third kappa shape index (κ3) is 6.23. The maximum Gasteiger partial charge on any atom is 0.288 e. The Morgan fingerprint density at radius 2 is 1.72 bits per heavy atom. The molecule has 1 aromatic heterocycles. The topological polar surface area (TPSA) is 63.1 Å². The highest BCUT2D eigenvalue weighted by molar-refractivity contribution is 8.00. The molecule has 0 atom stereocenters. The minimum Gasteiger partial charge on any atom is -0.372 e. The van der Waals surface area contributed by atoms with Gasteiger partial charge in [-0.3, -0.25) is 4.79 Å². The Hall–Kier alpha value is -2.59. The van der Waals surface area contributed by atoms with E-state index in [4.69, 9.17) is 0 Å². The van der Waals surface area contributed by atoms with Gasteiger partial charge in [0.15, 0.2) is 11.0 Å². The lowest BCUT2D eigenvalue weighted by Gasteiger charge is -2.21. The number of benzene rings is 2. The molecule has 1 N–H and O–H groups in total. The highest BCUT2D eigenvalue weighted by atomic mass is 32.2. The van der Waals surface area contributed by atoms with Crippen LogP contribution in [0, 0.1) is 0 Å². The average Bonchev–Trinajstić information content (AvgIpc) is 3.15. The summed E-state index contributed by atoms with van der Waals surface area (Å²) in [5.41, 5.74) is 2.67. The van der Waals surface area contributed by atoms with Gasteiger partial charge >= 0.3 is 0 Å². The van der Waals surface area contributed by atoms with Gasteiger partial charge in [-0.25, -0.2) is 0 Å². The van der Waals surface area contributed by atoms with Crippen molar-refractivity contribution in [3.8, 4) is 11.4 Å². The first-order valence-corrected chi connectivity index (χ1v) is 12.0. The van der Waals surface area contributed by atoms with Crippen LogP contribution in [0.5, 0.6) is 0 Å². The Kier molecular flexibility index (Phi) is 8.52. The lowest BCUT2D eigenvalue weighted by Crippen LogP contribution is -2.21. The molecule has 1 amide bonds. The molecule has 32 heavy (non-hydrogen) atoms. The monoisotopic (exact) mass is 477 g/mol. The minimum absolute atomic E-state index is 0.153. The third-order valence-corrected chi connectivity index (χ3v) is 6.53. The van der Waals surface area contributed by atoms with E-state index in [0.29, 0.717) is 27.5 Å². The number of alkyl halides is 2. The van der Waals surface area contributed by atoms with Crippen LogP contribution in [0.4, 0.5) is 20.2 Å². The van der Waals surface area contributed by atoms with Gasteiger partial charge in [0.05, 0.1) is 5.75 Å². The van der Waals surface area contributed by atoms with Gasteiger partial charge in [-0.1, -0.05) is 23.5 Å². The molecular weight excluding hydrogens is 452 g/mol. The van der Waals surface area contributed by atoms with E-state index in [2.05, 4.69) is 46.4 Å². The smallest absolute Gasteiger partial charge is 0.288 e. The number of hydrogen-bond acceptors (Lipinski definition) is 6. The summed E-state index contributed by atoms with van der Waals surface area (Å²) < 4.78 is 26.6. The number of carbonyl (C=O) groups excluding carboxylic acids is 1. The zero-order valence-electron chi connectivity index (χ0n) is 18.1. The number of halogens is 2. The van der Waals surface area contributed by atoms with Crippen molar-refractivity contribution in [2.45, 2.75) is 29.7 Å². The molecule has 0 saturated heterocycles. The summed E-state index contributed by atoms with van der Waals surface area (Å²) in [4.78, 5) is 15.0. The van der Waals surface area contributed by atoms with Crippen molar-refractivity contribution in [2.24, 2.45) is 7.05 Å². The zero-order chi connectivity index (χ0) is 23.1. The van der Waals surface area contributed by atoms with Crippen LogP contribution < -0.4 is 10.2 Å². The molecule has 6 nitrogen and oxygen atoms in total. The van der Waals surface area contributed by atoms with Crippen LogP contribution in [-0.4, -0.2) is 45.3 Å². The summed E-state index contributed by atoms with van der Waals surface area (Å²) in [6.45, 7) is 6.14. The van der Waals surface area contributed by atoms with Gasteiger partial charge in [-0.15, -0.1) is 10.2 Å². The summed E-state index contributed by atoms with van der Waals surface area (Å²) in [5.74, 6) is -1.80. The van der Waals surface area contributed by atoms with E-state index < -0.39 is 5.76 Å². The number of nitrogens with one attached hydrogen (secondary N) is 1. The van der Waals surface area contributed by atoms with E-state index in [1.165, 1.54) is 11.8 Å². The number of aromatic nitrogens is 3. The minimum atomic E-state index is -2.47. The number of rotatable bonds is 10. The predicted molar refractivity (Wildman–Crippen MR) is 128 cm³/mol. The largest absolute Gasteiger partial charge is 0.372 e. The van der Waals surface area contributed by atoms with Crippen LogP contribution in [0.25, 0.3) is 11.4 Å². The quantitative estimate of drug-likeness (QED) is 0.396. The molecule has 1 heterocycles. The van der Waals surface area contributed by atoms with Crippen LogP contribution in [0.15, 0.2) is 58.6 Å². The molecule has 3 rings (SSSR count). The Morgan fingerprint density at radius 1 is 1.06 bits per heavy atom. The fraction of sp³-hybridized carbons (Fsp3) is 0.318. The van der Waals surface area contributed by atoms with E-state index in [0.717, 1.165) is 30.2 Å². The summed E-state index contributed by atoms with van der Waals surface area (Å²) >= 11 is 1.75. The average molecular weight is 478 g/mol. The number of hydrogen-bond donors (Lipinski definition) is 1. The van der Waals surface area contributed by atoms with E-state index >= 15 is 0 Å². The lowest BCUT2D eigenvalue weighted by atomic mass is 10.2. The van der Waals surface area contributed by atoms with Crippen LogP contribution in [0.1, 0.15) is 13.8 Å². The van der Waals surface area contributed by atoms with Gasteiger partial charge in [0, 0.05) is 42.0 Å². The molecule has 170 valence electrons. The van der Waals surface area contributed by atoms with Crippen LogP contribution in [0.2, 0.25) is 0 Å². The molecule has 0 saturated carbocycles. The lowest BCUT2D eigenvalue weighted by molar-refractivity contribution is -0.113. The van der Waals surface area contributed by atoms with Gasteiger partial charge in [-0.05, 0) is 62.4 Å². The third-order valence-electron chi connectivity index (χ3n) is 4.78. The molecule has 0 radical (unpaired) electrons. The van der Waals surface area contributed by atoms with Crippen molar-refractivity contribution in [1.29, 1.82) is 0 Å². The summed E-state index contributed by atoms with van der Waals surface area (Å²) in [6, 6.07) is 14.5. The first-order chi connectivity index (χ1) is 15.4. The van der Waals surface area contributed by atoms with Crippen LogP contribution >= 0.6 is 23.5 Å². The van der Waals surface area contributed by atoms with Crippen molar-refractivity contribution in [2.75, 3.05) is 29.1 Å². The first kappa shape index (κ1) is 24.1. The van der Waals surface area contributed by atoms with E-state index in [1.807, 2.05) is 23.7 Å². The van der Waals surface area contributed by atoms with Gasteiger partial charge in [0.25, 0.3) is 5.76 Å².